The SMILES string of the molecule is CNc1ncc([N+](=O)[O-])cc1C(=O)NCC1CCC1. The number of carbonyl (C=O) groups is 1. The second-order valence-corrected chi connectivity index (χ2v) is 4.60. The molecule has 2 rings (SSSR count). The maximum absolute atomic E-state index is 12.0. The van der Waals surface area contributed by atoms with Crippen molar-refractivity contribution in [1.29, 1.82) is 0 Å². The van der Waals surface area contributed by atoms with Crippen molar-refractivity contribution < 1.29 is 9.72 Å². The van der Waals surface area contributed by atoms with Crippen LogP contribution in [0.5, 0.6) is 0 Å². The topological polar surface area (TPSA) is 97.2 Å². The first kappa shape index (κ1) is 13.3. The van der Waals surface area contributed by atoms with E-state index in [-0.39, 0.29) is 17.2 Å². The lowest BCUT2D eigenvalue weighted by Gasteiger charge is -2.25. The van der Waals surface area contributed by atoms with Crippen LogP contribution in [-0.2, 0) is 0 Å². The Morgan fingerprint density at radius 3 is 2.84 bits per heavy atom. The number of amides is 1. The summed E-state index contributed by atoms with van der Waals surface area (Å²) < 4.78 is 0. The Hall–Kier alpha value is -2.18. The van der Waals surface area contributed by atoms with Crippen LogP contribution < -0.4 is 10.6 Å². The highest BCUT2D eigenvalue weighted by Crippen LogP contribution is 2.25. The van der Waals surface area contributed by atoms with Crippen molar-refractivity contribution in [2.24, 2.45) is 5.92 Å². The molecular formula is C12H16N4O3. The number of hydrogen-bond donors (Lipinski definition) is 2. The maximum atomic E-state index is 12.0. The van der Waals surface area contributed by atoms with Gasteiger partial charge in [-0.05, 0) is 18.8 Å². The first-order valence-electron chi connectivity index (χ1n) is 6.22. The summed E-state index contributed by atoms with van der Waals surface area (Å²) in [4.78, 5) is 26.1. The second kappa shape index (κ2) is 5.64. The van der Waals surface area contributed by atoms with Gasteiger partial charge in [-0.2, -0.15) is 0 Å². The molecule has 0 aromatic carbocycles. The van der Waals surface area contributed by atoms with Gasteiger partial charge in [0, 0.05) is 19.7 Å². The molecule has 0 unspecified atom stereocenters. The van der Waals surface area contributed by atoms with E-state index in [0.29, 0.717) is 18.3 Å². The summed E-state index contributed by atoms with van der Waals surface area (Å²) in [6, 6.07) is 1.24. The smallest absolute Gasteiger partial charge is 0.288 e. The molecular weight excluding hydrogens is 248 g/mol. The minimum absolute atomic E-state index is 0.187. The van der Waals surface area contributed by atoms with Crippen LogP contribution in [0.3, 0.4) is 0 Å². The molecule has 7 nitrogen and oxygen atoms in total. The van der Waals surface area contributed by atoms with Gasteiger partial charge in [-0.15, -0.1) is 0 Å². The summed E-state index contributed by atoms with van der Waals surface area (Å²) in [5.74, 6) is 0.554. The lowest BCUT2D eigenvalue weighted by atomic mass is 9.85. The largest absolute Gasteiger partial charge is 0.372 e. The quantitative estimate of drug-likeness (QED) is 0.621. The van der Waals surface area contributed by atoms with E-state index in [1.807, 2.05) is 0 Å². The molecule has 2 N–H and O–H groups in total. The monoisotopic (exact) mass is 264 g/mol. The Morgan fingerprint density at radius 2 is 2.32 bits per heavy atom. The second-order valence-electron chi connectivity index (χ2n) is 4.60. The molecule has 1 aliphatic carbocycles. The van der Waals surface area contributed by atoms with E-state index in [2.05, 4.69) is 15.6 Å². The van der Waals surface area contributed by atoms with E-state index in [4.69, 9.17) is 0 Å². The molecule has 0 radical (unpaired) electrons. The van der Waals surface area contributed by atoms with Gasteiger partial charge in [0.1, 0.15) is 12.0 Å². The van der Waals surface area contributed by atoms with Gasteiger partial charge in [-0.1, -0.05) is 6.42 Å². The Balaban J connectivity index is 2.12. The van der Waals surface area contributed by atoms with Crippen LogP contribution >= 0.6 is 0 Å². The molecule has 0 atom stereocenters. The number of hydrogen-bond acceptors (Lipinski definition) is 5. The maximum Gasteiger partial charge on any atom is 0.288 e. The normalized spacial score (nSPS) is 14.6. The van der Waals surface area contributed by atoms with Gasteiger partial charge >= 0.3 is 0 Å². The molecule has 1 heterocycles. The average Bonchev–Trinajstić information content (AvgIpc) is 2.35. The summed E-state index contributed by atoms with van der Waals surface area (Å²) in [6.07, 6.45) is 4.61. The van der Waals surface area contributed by atoms with Gasteiger partial charge in [0.2, 0.25) is 0 Å². The third kappa shape index (κ3) is 2.98. The third-order valence-corrected chi connectivity index (χ3v) is 3.34. The predicted octanol–water partition coefficient (Wildman–Crippen LogP) is 1.56. The minimum Gasteiger partial charge on any atom is -0.372 e. The fraction of sp³-hybridized carbons (Fsp3) is 0.500. The molecule has 1 aromatic rings. The lowest BCUT2D eigenvalue weighted by Crippen LogP contribution is -2.32. The van der Waals surface area contributed by atoms with Crippen LogP contribution in [-0.4, -0.2) is 29.4 Å². The Kier molecular flexibility index (Phi) is 3.94. The van der Waals surface area contributed by atoms with Crippen molar-refractivity contribution >= 4 is 17.4 Å². The van der Waals surface area contributed by atoms with Gasteiger partial charge in [0.25, 0.3) is 11.6 Å². The van der Waals surface area contributed by atoms with Crippen LogP contribution in [0, 0.1) is 16.0 Å². The molecule has 1 amide bonds. The van der Waals surface area contributed by atoms with Crippen molar-refractivity contribution in [2.75, 3.05) is 18.9 Å². The summed E-state index contributed by atoms with van der Waals surface area (Å²) >= 11 is 0. The number of aromatic nitrogens is 1. The molecule has 1 aromatic heterocycles. The number of anilines is 1. The zero-order chi connectivity index (χ0) is 13.8. The van der Waals surface area contributed by atoms with Crippen LogP contribution in [0.4, 0.5) is 11.5 Å². The highest BCUT2D eigenvalue weighted by atomic mass is 16.6. The Labute approximate surface area is 110 Å². The van der Waals surface area contributed by atoms with Crippen LogP contribution in [0.2, 0.25) is 0 Å². The van der Waals surface area contributed by atoms with Crippen LogP contribution in [0.15, 0.2) is 12.3 Å². The van der Waals surface area contributed by atoms with Gasteiger partial charge in [0.15, 0.2) is 0 Å². The lowest BCUT2D eigenvalue weighted by molar-refractivity contribution is -0.385. The fourth-order valence-corrected chi connectivity index (χ4v) is 1.96. The number of pyridine rings is 1. The highest BCUT2D eigenvalue weighted by molar-refractivity contribution is 5.99. The Morgan fingerprint density at radius 1 is 1.58 bits per heavy atom. The summed E-state index contributed by atoms with van der Waals surface area (Å²) in [7, 11) is 1.62. The van der Waals surface area contributed by atoms with Crippen LogP contribution in [0.25, 0.3) is 0 Å². The van der Waals surface area contributed by atoms with E-state index in [9.17, 15) is 14.9 Å². The van der Waals surface area contributed by atoms with Crippen molar-refractivity contribution in [3.63, 3.8) is 0 Å². The number of nitrogens with one attached hydrogen (secondary N) is 2. The van der Waals surface area contributed by atoms with Crippen molar-refractivity contribution in [2.45, 2.75) is 19.3 Å². The molecule has 0 aliphatic heterocycles. The van der Waals surface area contributed by atoms with Gasteiger partial charge in [0.05, 0.1) is 10.5 Å². The number of carbonyl (C=O) groups excluding carboxylic acids is 1. The minimum atomic E-state index is -0.560. The average molecular weight is 264 g/mol. The van der Waals surface area contributed by atoms with E-state index in [1.165, 1.54) is 12.5 Å². The molecule has 0 saturated heterocycles. The molecule has 0 spiro atoms. The van der Waals surface area contributed by atoms with Crippen LogP contribution in [0.1, 0.15) is 29.6 Å². The summed E-state index contributed by atoms with van der Waals surface area (Å²) in [5, 5.41) is 16.3. The van der Waals surface area contributed by atoms with Gasteiger partial charge in [-0.25, -0.2) is 4.98 Å². The zero-order valence-electron chi connectivity index (χ0n) is 10.7. The number of rotatable bonds is 5. The Bertz CT molecular complexity index is 500. The van der Waals surface area contributed by atoms with Gasteiger partial charge < -0.3 is 10.6 Å². The molecule has 1 aliphatic rings. The molecule has 7 heteroatoms. The standard InChI is InChI=1S/C12H16N4O3/c1-13-11-10(5-9(7-14-11)16(18)19)12(17)15-6-8-3-2-4-8/h5,7-8H,2-4,6H2,1H3,(H,13,14)(H,15,17). The third-order valence-electron chi connectivity index (χ3n) is 3.34. The van der Waals surface area contributed by atoms with Crippen molar-refractivity contribution in [1.82, 2.24) is 10.3 Å². The first-order chi connectivity index (χ1) is 9.11. The van der Waals surface area contributed by atoms with Gasteiger partial charge in [-0.3, -0.25) is 14.9 Å². The highest BCUT2D eigenvalue weighted by Gasteiger charge is 2.21. The summed E-state index contributed by atoms with van der Waals surface area (Å²) in [5.41, 5.74) is 0.0174. The summed E-state index contributed by atoms with van der Waals surface area (Å²) in [6.45, 7) is 0.616. The van der Waals surface area contributed by atoms with E-state index >= 15 is 0 Å². The molecule has 102 valence electrons. The fourth-order valence-electron chi connectivity index (χ4n) is 1.96. The zero-order valence-corrected chi connectivity index (χ0v) is 10.7. The molecule has 0 bridgehead atoms. The predicted molar refractivity (Wildman–Crippen MR) is 70.1 cm³/mol. The first-order valence-corrected chi connectivity index (χ1v) is 6.22. The number of nitrogens with zero attached hydrogens (tertiary/aromatic N) is 2. The van der Waals surface area contributed by atoms with E-state index in [1.54, 1.807) is 7.05 Å². The van der Waals surface area contributed by atoms with E-state index in [0.717, 1.165) is 19.0 Å². The van der Waals surface area contributed by atoms with Crippen molar-refractivity contribution in [3.8, 4) is 0 Å². The molecule has 1 fully saturated rings. The molecule has 19 heavy (non-hydrogen) atoms. The van der Waals surface area contributed by atoms with E-state index < -0.39 is 4.92 Å². The molecule has 1 saturated carbocycles. The van der Waals surface area contributed by atoms with Crippen molar-refractivity contribution in [3.05, 3.63) is 27.9 Å². The number of nitro groups is 1.